The van der Waals surface area contributed by atoms with Crippen LogP contribution in [-0.2, 0) is 0 Å². The summed E-state index contributed by atoms with van der Waals surface area (Å²) in [6.45, 7) is 6.86. The fraction of sp³-hybridized carbons (Fsp3) is 0.500. The van der Waals surface area contributed by atoms with E-state index >= 15 is 0 Å². The standard InChI is InChI=1S/C22H31N7/c1-23-21(28-14-16-29(17-15-28)22-24-10-7-11-25-22)26-18-20(27-12-5-6-13-27)19-8-3-2-4-9-19/h2-4,7-11,20H,5-6,12-18H2,1H3,(H,23,26). The number of rotatable bonds is 5. The number of anilines is 1. The van der Waals surface area contributed by atoms with E-state index in [-0.39, 0.29) is 0 Å². The summed E-state index contributed by atoms with van der Waals surface area (Å²) in [5.41, 5.74) is 1.38. The number of aliphatic imine (C=N–C) groups is 1. The lowest BCUT2D eigenvalue weighted by Gasteiger charge is -2.37. The molecule has 0 aliphatic carbocycles. The van der Waals surface area contributed by atoms with E-state index < -0.39 is 0 Å². The van der Waals surface area contributed by atoms with Gasteiger partial charge in [-0.25, -0.2) is 9.97 Å². The number of likely N-dealkylation sites (tertiary alicyclic amines) is 1. The number of benzene rings is 1. The van der Waals surface area contributed by atoms with E-state index in [2.05, 4.69) is 65.3 Å². The Hall–Kier alpha value is -2.67. The average molecular weight is 394 g/mol. The molecular formula is C22H31N7. The summed E-state index contributed by atoms with van der Waals surface area (Å²) in [6.07, 6.45) is 6.19. The maximum atomic E-state index is 4.56. The number of nitrogens with one attached hydrogen (secondary N) is 1. The van der Waals surface area contributed by atoms with Gasteiger partial charge >= 0.3 is 0 Å². The zero-order chi connectivity index (χ0) is 19.9. The summed E-state index contributed by atoms with van der Waals surface area (Å²) < 4.78 is 0. The molecule has 0 spiro atoms. The van der Waals surface area contributed by atoms with Crippen molar-refractivity contribution in [1.29, 1.82) is 0 Å². The normalized spacial score (nSPS) is 19.4. The second-order valence-electron chi connectivity index (χ2n) is 7.62. The number of hydrogen-bond donors (Lipinski definition) is 1. The molecule has 0 radical (unpaired) electrons. The topological polar surface area (TPSA) is 59.9 Å². The molecular weight excluding hydrogens is 362 g/mol. The first-order valence-corrected chi connectivity index (χ1v) is 10.6. The van der Waals surface area contributed by atoms with Crippen LogP contribution in [0.2, 0.25) is 0 Å². The highest BCUT2D eigenvalue weighted by atomic mass is 15.4. The van der Waals surface area contributed by atoms with Crippen LogP contribution in [0.3, 0.4) is 0 Å². The van der Waals surface area contributed by atoms with Crippen LogP contribution in [0.25, 0.3) is 0 Å². The maximum Gasteiger partial charge on any atom is 0.225 e. The molecule has 154 valence electrons. The summed E-state index contributed by atoms with van der Waals surface area (Å²) in [4.78, 5) is 20.5. The Bertz CT molecular complexity index is 766. The van der Waals surface area contributed by atoms with Crippen molar-refractivity contribution in [2.45, 2.75) is 18.9 Å². The van der Waals surface area contributed by atoms with Crippen molar-refractivity contribution in [3.05, 3.63) is 54.4 Å². The van der Waals surface area contributed by atoms with Gasteiger partial charge in [0, 0.05) is 52.2 Å². The van der Waals surface area contributed by atoms with Gasteiger partial charge in [0.05, 0.1) is 6.04 Å². The zero-order valence-electron chi connectivity index (χ0n) is 17.2. The summed E-state index contributed by atoms with van der Waals surface area (Å²) in [6, 6.07) is 13.1. The van der Waals surface area contributed by atoms with Crippen molar-refractivity contribution in [1.82, 2.24) is 25.1 Å². The van der Waals surface area contributed by atoms with Crippen LogP contribution < -0.4 is 10.2 Å². The van der Waals surface area contributed by atoms with Crippen LogP contribution in [0.15, 0.2) is 53.8 Å². The van der Waals surface area contributed by atoms with Crippen LogP contribution in [0.5, 0.6) is 0 Å². The summed E-state index contributed by atoms with van der Waals surface area (Å²) in [7, 11) is 1.88. The third-order valence-electron chi connectivity index (χ3n) is 5.85. The highest BCUT2D eigenvalue weighted by molar-refractivity contribution is 5.80. The SMILES string of the molecule is CN=C(NCC(c1ccccc1)N1CCCC1)N1CCN(c2ncccn2)CC1. The Labute approximate surface area is 173 Å². The van der Waals surface area contributed by atoms with Gasteiger partial charge in [0.25, 0.3) is 0 Å². The van der Waals surface area contributed by atoms with E-state index in [1.54, 1.807) is 12.4 Å². The van der Waals surface area contributed by atoms with Gasteiger partial charge < -0.3 is 15.1 Å². The van der Waals surface area contributed by atoms with Crippen LogP contribution in [0.1, 0.15) is 24.4 Å². The Morgan fingerprint density at radius 3 is 2.31 bits per heavy atom. The minimum atomic E-state index is 0.384. The summed E-state index contributed by atoms with van der Waals surface area (Å²) in [5.74, 6) is 1.80. The van der Waals surface area contributed by atoms with Crippen molar-refractivity contribution in [3.8, 4) is 0 Å². The van der Waals surface area contributed by atoms with Crippen molar-refractivity contribution >= 4 is 11.9 Å². The molecule has 1 atom stereocenters. The molecule has 2 fully saturated rings. The predicted octanol–water partition coefficient (Wildman–Crippen LogP) is 2.01. The minimum Gasteiger partial charge on any atom is -0.354 e. The van der Waals surface area contributed by atoms with Crippen molar-refractivity contribution < 1.29 is 0 Å². The monoisotopic (exact) mass is 393 g/mol. The number of hydrogen-bond acceptors (Lipinski definition) is 5. The lowest BCUT2D eigenvalue weighted by Crippen LogP contribution is -2.53. The molecule has 2 aliphatic heterocycles. The van der Waals surface area contributed by atoms with Crippen molar-refractivity contribution in [3.63, 3.8) is 0 Å². The lowest BCUT2D eigenvalue weighted by molar-refractivity contribution is 0.243. The number of aromatic nitrogens is 2. The first-order chi connectivity index (χ1) is 14.3. The van der Waals surface area contributed by atoms with Gasteiger partial charge in [-0.05, 0) is 37.6 Å². The number of nitrogens with zero attached hydrogens (tertiary/aromatic N) is 6. The summed E-state index contributed by atoms with van der Waals surface area (Å²) in [5, 5.41) is 3.65. The molecule has 7 nitrogen and oxygen atoms in total. The molecule has 29 heavy (non-hydrogen) atoms. The van der Waals surface area contributed by atoms with Gasteiger partial charge in [-0.15, -0.1) is 0 Å². The van der Waals surface area contributed by atoms with Crippen LogP contribution >= 0.6 is 0 Å². The van der Waals surface area contributed by atoms with E-state index in [1.807, 2.05) is 13.1 Å². The fourth-order valence-corrected chi connectivity index (χ4v) is 4.28. The maximum absolute atomic E-state index is 4.56. The average Bonchev–Trinajstić information content (AvgIpc) is 3.33. The molecule has 0 amide bonds. The first kappa shape index (κ1) is 19.6. The van der Waals surface area contributed by atoms with Gasteiger partial charge in [0.15, 0.2) is 5.96 Å². The van der Waals surface area contributed by atoms with E-state index in [1.165, 1.54) is 31.5 Å². The summed E-state index contributed by atoms with van der Waals surface area (Å²) >= 11 is 0. The predicted molar refractivity (Wildman–Crippen MR) is 117 cm³/mol. The minimum absolute atomic E-state index is 0.384. The van der Waals surface area contributed by atoms with Gasteiger partial charge in [-0.3, -0.25) is 9.89 Å². The Morgan fingerprint density at radius 1 is 0.966 bits per heavy atom. The van der Waals surface area contributed by atoms with Gasteiger partial charge in [-0.2, -0.15) is 0 Å². The van der Waals surface area contributed by atoms with Crippen LogP contribution in [0, 0.1) is 0 Å². The van der Waals surface area contributed by atoms with E-state index in [0.717, 1.165) is 44.6 Å². The molecule has 1 aromatic heterocycles. The molecule has 1 aromatic carbocycles. The third-order valence-corrected chi connectivity index (χ3v) is 5.85. The third kappa shape index (κ3) is 4.85. The second kappa shape index (κ2) is 9.69. The quantitative estimate of drug-likeness (QED) is 0.619. The van der Waals surface area contributed by atoms with E-state index in [9.17, 15) is 0 Å². The highest BCUT2D eigenvalue weighted by Gasteiger charge is 2.25. The number of guanidine groups is 1. The van der Waals surface area contributed by atoms with E-state index in [4.69, 9.17) is 0 Å². The molecule has 0 bridgehead atoms. The van der Waals surface area contributed by atoms with Crippen molar-refractivity contribution in [2.24, 2.45) is 4.99 Å². The van der Waals surface area contributed by atoms with Crippen LogP contribution in [-0.4, -0.2) is 78.6 Å². The number of piperazine rings is 1. The van der Waals surface area contributed by atoms with Gasteiger partial charge in [-0.1, -0.05) is 30.3 Å². The molecule has 2 aliphatic rings. The molecule has 7 heteroatoms. The van der Waals surface area contributed by atoms with Crippen molar-refractivity contribution in [2.75, 3.05) is 57.8 Å². The van der Waals surface area contributed by atoms with E-state index in [0.29, 0.717) is 6.04 Å². The Morgan fingerprint density at radius 2 is 1.66 bits per heavy atom. The highest BCUT2D eigenvalue weighted by Crippen LogP contribution is 2.24. The lowest BCUT2D eigenvalue weighted by atomic mass is 10.1. The molecule has 1 unspecified atom stereocenters. The largest absolute Gasteiger partial charge is 0.354 e. The molecule has 4 rings (SSSR count). The fourth-order valence-electron chi connectivity index (χ4n) is 4.28. The Balaban J connectivity index is 1.36. The first-order valence-electron chi connectivity index (χ1n) is 10.6. The van der Waals surface area contributed by atoms with Crippen LogP contribution in [0.4, 0.5) is 5.95 Å². The molecule has 2 saturated heterocycles. The molecule has 1 N–H and O–H groups in total. The Kier molecular flexibility index (Phi) is 6.56. The molecule has 2 aromatic rings. The molecule has 0 saturated carbocycles. The van der Waals surface area contributed by atoms with Gasteiger partial charge in [0.1, 0.15) is 0 Å². The molecule has 3 heterocycles. The smallest absolute Gasteiger partial charge is 0.225 e. The zero-order valence-corrected chi connectivity index (χ0v) is 17.2. The van der Waals surface area contributed by atoms with Gasteiger partial charge in [0.2, 0.25) is 5.95 Å². The second-order valence-corrected chi connectivity index (χ2v) is 7.62.